The predicted octanol–water partition coefficient (Wildman–Crippen LogP) is 2.46. The van der Waals surface area contributed by atoms with Gasteiger partial charge in [0.15, 0.2) is 0 Å². The number of nitrogens with one attached hydrogen (secondary N) is 1. The van der Waals surface area contributed by atoms with Gasteiger partial charge in [0, 0.05) is 37.4 Å². The number of aromatic nitrogens is 1. The Labute approximate surface area is 134 Å². The monoisotopic (exact) mass is 325 g/mol. The lowest BCUT2D eigenvalue weighted by atomic mass is 9.99. The summed E-state index contributed by atoms with van der Waals surface area (Å²) in [5.41, 5.74) is 1.12. The fourth-order valence-corrected chi connectivity index (χ4v) is 3.61. The number of amides is 2. The van der Waals surface area contributed by atoms with Crippen molar-refractivity contribution in [3.05, 3.63) is 16.1 Å². The number of carbonyl (C=O) groups is 2. The zero-order valence-corrected chi connectivity index (χ0v) is 13.7. The molecule has 2 N–H and O–H groups in total. The van der Waals surface area contributed by atoms with Crippen LogP contribution in [0.25, 0.3) is 0 Å². The van der Waals surface area contributed by atoms with E-state index >= 15 is 0 Å². The van der Waals surface area contributed by atoms with E-state index in [9.17, 15) is 9.59 Å². The third kappa shape index (κ3) is 4.69. The number of rotatable bonds is 6. The molecule has 0 aromatic carbocycles. The van der Waals surface area contributed by atoms with Crippen LogP contribution in [-0.2, 0) is 11.2 Å². The Bertz CT molecular complexity index is 518. The van der Waals surface area contributed by atoms with Gasteiger partial charge in [-0.15, -0.1) is 11.3 Å². The Morgan fingerprint density at radius 3 is 3.05 bits per heavy atom. The highest BCUT2D eigenvalue weighted by Crippen LogP contribution is 2.29. The molecule has 1 aromatic heterocycles. The molecule has 1 saturated heterocycles. The van der Waals surface area contributed by atoms with Crippen LogP contribution in [0.2, 0.25) is 0 Å². The van der Waals surface area contributed by atoms with Crippen LogP contribution in [0, 0.1) is 0 Å². The van der Waals surface area contributed by atoms with E-state index in [-0.39, 0.29) is 12.5 Å². The molecule has 1 fully saturated rings. The maximum atomic E-state index is 12.1. The maximum absolute atomic E-state index is 12.1. The molecule has 0 saturated carbocycles. The fourth-order valence-electron chi connectivity index (χ4n) is 2.58. The summed E-state index contributed by atoms with van der Waals surface area (Å²) in [6, 6.07) is -0.0950. The van der Waals surface area contributed by atoms with Crippen molar-refractivity contribution in [1.82, 2.24) is 15.2 Å². The first-order valence-corrected chi connectivity index (χ1v) is 8.67. The number of hydrogen-bond acceptors (Lipinski definition) is 4. The van der Waals surface area contributed by atoms with E-state index in [0.717, 1.165) is 36.5 Å². The SMILES string of the molecule is CCc1csc(C2CCCN(C(=O)NCCCC(=O)O)C2)n1. The van der Waals surface area contributed by atoms with Crippen molar-refractivity contribution in [3.8, 4) is 0 Å². The Kier molecular flexibility index (Phi) is 6.18. The van der Waals surface area contributed by atoms with Gasteiger partial charge in [-0.3, -0.25) is 4.79 Å². The van der Waals surface area contributed by atoms with Gasteiger partial charge in [-0.2, -0.15) is 0 Å². The first kappa shape index (κ1) is 16.7. The molecule has 2 amide bonds. The van der Waals surface area contributed by atoms with Gasteiger partial charge in [-0.1, -0.05) is 6.92 Å². The number of aliphatic carboxylic acids is 1. The predicted molar refractivity (Wildman–Crippen MR) is 85.3 cm³/mol. The van der Waals surface area contributed by atoms with Gasteiger partial charge in [0.2, 0.25) is 0 Å². The number of aryl methyl sites for hydroxylation is 1. The van der Waals surface area contributed by atoms with Crippen LogP contribution in [0.4, 0.5) is 4.79 Å². The summed E-state index contributed by atoms with van der Waals surface area (Å²) in [5, 5.41) is 14.6. The van der Waals surface area contributed by atoms with Crippen LogP contribution in [0.5, 0.6) is 0 Å². The highest BCUT2D eigenvalue weighted by atomic mass is 32.1. The Morgan fingerprint density at radius 1 is 1.55 bits per heavy atom. The Morgan fingerprint density at radius 2 is 2.36 bits per heavy atom. The highest BCUT2D eigenvalue weighted by Gasteiger charge is 2.26. The number of carboxylic acids is 1. The molecular weight excluding hydrogens is 302 g/mol. The van der Waals surface area contributed by atoms with Gasteiger partial charge in [0.25, 0.3) is 0 Å². The lowest BCUT2D eigenvalue weighted by Crippen LogP contribution is -2.45. The highest BCUT2D eigenvalue weighted by molar-refractivity contribution is 7.09. The second-order valence-corrected chi connectivity index (χ2v) is 6.43. The lowest BCUT2D eigenvalue weighted by molar-refractivity contribution is -0.137. The zero-order chi connectivity index (χ0) is 15.9. The maximum Gasteiger partial charge on any atom is 0.317 e. The molecule has 0 spiro atoms. The average Bonchev–Trinajstić information content (AvgIpc) is 3.00. The minimum absolute atomic E-state index is 0.0851. The summed E-state index contributed by atoms with van der Waals surface area (Å²) >= 11 is 1.68. The first-order valence-electron chi connectivity index (χ1n) is 7.79. The van der Waals surface area contributed by atoms with Gasteiger partial charge in [0.05, 0.1) is 10.7 Å². The number of hydrogen-bond donors (Lipinski definition) is 2. The quantitative estimate of drug-likeness (QED) is 0.787. The van der Waals surface area contributed by atoms with Gasteiger partial charge in [-0.25, -0.2) is 9.78 Å². The summed E-state index contributed by atoms with van der Waals surface area (Å²) in [6.07, 6.45) is 3.54. The van der Waals surface area contributed by atoms with E-state index in [1.807, 2.05) is 4.90 Å². The Balaban J connectivity index is 1.82. The molecule has 1 aromatic rings. The van der Waals surface area contributed by atoms with Gasteiger partial charge in [0.1, 0.15) is 0 Å². The molecule has 1 aliphatic heterocycles. The van der Waals surface area contributed by atoms with Crippen LogP contribution >= 0.6 is 11.3 Å². The molecule has 0 aliphatic carbocycles. The van der Waals surface area contributed by atoms with Gasteiger partial charge < -0.3 is 15.3 Å². The molecule has 2 heterocycles. The van der Waals surface area contributed by atoms with E-state index in [1.165, 1.54) is 0 Å². The summed E-state index contributed by atoms with van der Waals surface area (Å²) in [5.74, 6) is -0.508. The normalized spacial score (nSPS) is 18.2. The van der Waals surface area contributed by atoms with E-state index < -0.39 is 5.97 Å². The number of thiazole rings is 1. The molecule has 0 radical (unpaired) electrons. The van der Waals surface area contributed by atoms with Gasteiger partial charge in [-0.05, 0) is 25.7 Å². The van der Waals surface area contributed by atoms with Crippen molar-refractivity contribution < 1.29 is 14.7 Å². The van der Waals surface area contributed by atoms with Crippen LogP contribution < -0.4 is 5.32 Å². The molecule has 7 heteroatoms. The largest absolute Gasteiger partial charge is 0.481 e. The molecule has 122 valence electrons. The van der Waals surface area contributed by atoms with E-state index in [4.69, 9.17) is 5.11 Å². The van der Waals surface area contributed by atoms with Crippen molar-refractivity contribution in [1.29, 1.82) is 0 Å². The third-order valence-corrected chi connectivity index (χ3v) is 4.89. The van der Waals surface area contributed by atoms with Crippen molar-refractivity contribution >= 4 is 23.3 Å². The zero-order valence-electron chi connectivity index (χ0n) is 12.9. The number of piperidine rings is 1. The van der Waals surface area contributed by atoms with Gasteiger partial charge >= 0.3 is 12.0 Å². The van der Waals surface area contributed by atoms with Crippen LogP contribution in [0.1, 0.15) is 49.2 Å². The topological polar surface area (TPSA) is 82.5 Å². The molecule has 2 rings (SSSR count). The average molecular weight is 325 g/mol. The molecule has 1 unspecified atom stereocenters. The summed E-state index contributed by atoms with van der Waals surface area (Å²) in [6.45, 7) is 3.95. The molecule has 1 aliphatic rings. The second kappa shape index (κ2) is 8.12. The minimum Gasteiger partial charge on any atom is -0.481 e. The van der Waals surface area contributed by atoms with Crippen molar-refractivity contribution in [2.75, 3.05) is 19.6 Å². The summed E-state index contributed by atoms with van der Waals surface area (Å²) in [4.78, 5) is 29.0. The molecule has 1 atom stereocenters. The number of carbonyl (C=O) groups excluding carboxylic acids is 1. The summed E-state index contributed by atoms with van der Waals surface area (Å²) < 4.78 is 0. The van der Waals surface area contributed by atoms with Crippen molar-refractivity contribution in [3.63, 3.8) is 0 Å². The second-order valence-electron chi connectivity index (χ2n) is 5.55. The van der Waals surface area contributed by atoms with E-state index in [1.54, 1.807) is 11.3 Å². The minimum atomic E-state index is -0.831. The first-order chi connectivity index (χ1) is 10.6. The van der Waals surface area contributed by atoms with E-state index in [2.05, 4.69) is 22.6 Å². The Hall–Kier alpha value is -1.63. The molecular formula is C15H23N3O3S. The van der Waals surface area contributed by atoms with Crippen LogP contribution in [-0.4, -0.2) is 46.6 Å². The standard InChI is InChI=1S/C15H23N3O3S/c1-2-12-10-22-14(17-12)11-5-4-8-18(9-11)15(21)16-7-3-6-13(19)20/h10-11H,2-9H2,1H3,(H,16,21)(H,19,20). The number of nitrogens with zero attached hydrogens (tertiary/aromatic N) is 2. The van der Waals surface area contributed by atoms with Crippen LogP contribution in [0.15, 0.2) is 5.38 Å². The summed E-state index contributed by atoms with van der Waals surface area (Å²) in [7, 11) is 0. The van der Waals surface area contributed by atoms with Crippen molar-refractivity contribution in [2.45, 2.75) is 44.9 Å². The smallest absolute Gasteiger partial charge is 0.317 e. The third-order valence-electron chi connectivity index (χ3n) is 3.83. The lowest BCUT2D eigenvalue weighted by Gasteiger charge is -2.31. The fraction of sp³-hybridized carbons (Fsp3) is 0.667. The van der Waals surface area contributed by atoms with Crippen molar-refractivity contribution in [2.24, 2.45) is 0 Å². The van der Waals surface area contributed by atoms with E-state index in [0.29, 0.717) is 25.4 Å². The number of likely N-dealkylation sites (tertiary alicyclic amines) is 1. The molecule has 6 nitrogen and oxygen atoms in total. The molecule has 0 bridgehead atoms. The number of urea groups is 1. The molecule has 22 heavy (non-hydrogen) atoms. The number of carboxylic acid groups (broad SMARTS) is 1. The van der Waals surface area contributed by atoms with Crippen LogP contribution in [0.3, 0.4) is 0 Å².